The van der Waals surface area contributed by atoms with Crippen LogP contribution < -0.4 is 0 Å². The van der Waals surface area contributed by atoms with Crippen molar-refractivity contribution in [2.24, 2.45) is 11.8 Å². The molecule has 0 radical (unpaired) electrons. The molecule has 0 saturated carbocycles. The number of ketones is 1. The topological polar surface area (TPSA) is 43.9 Å². The van der Waals surface area contributed by atoms with Crippen molar-refractivity contribution in [2.45, 2.75) is 56.9 Å². The monoisotopic (exact) mass is 629 g/mol. The van der Waals surface area contributed by atoms with E-state index in [4.69, 9.17) is 0 Å². The number of hydrogen-bond acceptors (Lipinski definition) is 4. The molecule has 2 aromatic carbocycles. The number of Topliss-reactive ketones (excluding diaryl/α,β-unsaturated/α-hetero) is 1. The van der Waals surface area contributed by atoms with Crippen molar-refractivity contribution in [2.75, 3.05) is 46.8 Å². The summed E-state index contributed by atoms with van der Waals surface area (Å²) in [7, 11) is 3.67. The van der Waals surface area contributed by atoms with E-state index in [9.17, 15) is 27.2 Å². The fourth-order valence-corrected chi connectivity index (χ4v) is 6.68. The average molecular weight is 630 g/mol. The number of nitrogens with zero attached hydrogens (tertiary/aromatic N) is 3. The largest absolute Gasteiger partial charge is 0.416 e. The first-order valence-corrected chi connectivity index (χ1v) is 14.8. The molecule has 4 atom stereocenters. The summed E-state index contributed by atoms with van der Waals surface area (Å²) >= 11 is 0. The average Bonchev–Trinajstić information content (AvgIpc) is 3.49. The number of amides is 1. The lowest BCUT2D eigenvalue weighted by molar-refractivity contribution is -0.214. The van der Waals surface area contributed by atoms with E-state index in [1.165, 1.54) is 30.0 Å². The van der Waals surface area contributed by atoms with Crippen molar-refractivity contribution in [1.29, 1.82) is 0 Å². The number of piperidine rings is 1. The number of halogens is 7. The van der Waals surface area contributed by atoms with E-state index < -0.39 is 65.8 Å². The first kappa shape index (κ1) is 33.9. The quantitative estimate of drug-likeness (QED) is 0.179. The normalized spacial score (nSPS) is 23.4. The first-order chi connectivity index (χ1) is 20.6. The molecule has 4 rings (SSSR count). The number of alkyl halides is 6. The van der Waals surface area contributed by atoms with Gasteiger partial charge >= 0.3 is 12.4 Å². The standard InChI is InChI=1S/C32H38F7N3O2/c1-20-23(12-9-13-25(20)33)26-24(28(43)21-10-8-11-22(18-21)31(34,35)36)19-42(17-5-4-14-40(2)3)29(32(37,38)39)27(26)30(44)41-15-6-7-16-41/h8-13,18,24,26-27,29H,4-7,14-17,19H2,1-3H3/t24-,26+,27-,29-/m0/s1. The molecule has 2 fully saturated rings. The zero-order valence-electron chi connectivity index (χ0n) is 25.0. The van der Waals surface area contributed by atoms with Crippen LogP contribution in [0.3, 0.4) is 0 Å². The highest BCUT2D eigenvalue weighted by Gasteiger charge is 2.60. The summed E-state index contributed by atoms with van der Waals surface area (Å²) in [6.07, 6.45) is -7.53. The second-order valence-electron chi connectivity index (χ2n) is 12.1. The van der Waals surface area contributed by atoms with E-state index in [0.29, 0.717) is 38.3 Å². The number of carbonyl (C=O) groups is 2. The van der Waals surface area contributed by atoms with Gasteiger partial charge in [-0.1, -0.05) is 24.3 Å². The van der Waals surface area contributed by atoms with E-state index in [1.807, 2.05) is 19.0 Å². The maximum Gasteiger partial charge on any atom is 0.416 e. The van der Waals surface area contributed by atoms with Crippen molar-refractivity contribution >= 4 is 11.7 Å². The maximum atomic E-state index is 15.1. The number of benzene rings is 2. The van der Waals surface area contributed by atoms with Gasteiger partial charge in [-0.25, -0.2) is 4.39 Å². The fraction of sp³-hybridized carbons (Fsp3) is 0.562. The Kier molecular flexibility index (Phi) is 10.4. The molecule has 0 aromatic heterocycles. The van der Waals surface area contributed by atoms with Gasteiger partial charge < -0.3 is 9.80 Å². The number of unbranched alkanes of at least 4 members (excludes halogenated alkanes) is 1. The van der Waals surface area contributed by atoms with E-state index in [1.54, 1.807) is 0 Å². The molecule has 2 heterocycles. The van der Waals surface area contributed by atoms with Gasteiger partial charge in [-0.3, -0.25) is 14.5 Å². The van der Waals surface area contributed by atoms with Crippen molar-refractivity contribution in [1.82, 2.24) is 14.7 Å². The Labute approximate surface area is 253 Å². The van der Waals surface area contributed by atoms with Crippen LogP contribution in [-0.2, 0) is 11.0 Å². The molecule has 0 spiro atoms. The molecule has 0 N–H and O–H groups in total. The Bertz CT molecular complexity index is 1320. The minimum absolute atomic E-state index is 0.000998. The van der Waals surface area contributed by atoms with Crippen LogP contribution in [-0.4, -0.2) is 85.4 Å². The highest BCUT2D eigenvalue weighted by Crippen LogP contribution is 2.49. The van der Waals surface area contributed by atoms with Crippen LogP contribution in [0.25, 0.3) is 0 Å². The first-order valence-electron chi connectivity index (χ1n) is 14.8. The van der Waals surface area contributed by atoms with Crippen LogP contribution in [0.1, 0.15) is 58.6 Å². The van der Waals surface area contributed by atoms with Crippen LogP contribution in [0.4, 0.5) is 30.7 Å². The number of carbonyl (C=O) groups excluding carboxylic acids is 2. The molecule has 2 aliphatic rings. The fourth-order valence-electron chi connectivity index (χ4n) is 6.68. The molecule has 2 aliphatic heterocycles. The van der Waals surface area contributed by atoms with Gasteiger partial charge in [0.1, 0.15) is 11.9 Å². The van der Waals surface area contributed by atoms with Crippen LogP contribution in [0, 0.1) is 24.6 Å². The molecule has 2 saturated heterocycles. The molecule has 0 bridgehead atoms. The van der Waals surface area contributed by atoms with Crippen molar-refractivity contribution < 1.29 is 40.3 Å². The molecule has 5 nitrogen and oxygen atoms in total. The minimum Gasteiger partial charge on any atom is -0.342 e. The van der Waals surface area contributed by atoms with Gasteiger partial charge in [0.05, 0.1) is 11.5 Å². The summed E-state index contributed by atoms with van der Waals surface area (Å²) in [6, 6.07) is 5.37. The van der Waals surface area contributed by atoms with Gasteiger partial charge in [-0.2, -0.15) is 26.3 Å². The molecular formula is C32H38F7N3O2. The van der Waals surface area contributed by atoms with Gasteiger partial charge in [0.15, 0.2) is 5.78 Å². The number of rotatable bonds is 9. The highest BCUT2D eigenvalue weighted by atomic mass is 19.4. The van der Waals surface area contributed by atoms with Gasteiger partial charge in [0, 0.05) is 37.0 Å². The molecule has 0 unspecified atom stereocenters. The summed E-state index contributed by atoms with van der Waals surface area (Å²) in [5, 5.41) is 0. The summed E-state index contributed by atoms with van der Waals surface area (Å²) < 4.78 is 101. The Balaban J connectivity index is 1.90. The van der Waals surface area contributed by atoms with Crippen LogP contribution in [0.5, 0.6) is 0 Å². The Morgan fingerprint density at radius 3 is 2.23 bits per heavy atom. The number of likely N-dealkylation sites (tertiary alicyclic amines) is 2. The van der Waals surface area contributed by atoms with Gasteiger partial charge in [0.2, 0.25) is 5.91 Å². The third-order valence-electron chi connectivity index (χ3n) is 8.80. The zero-order valence-corrected chi connectivity index (χ0v) is 25.0. The summed E-state index contributed by atoms with van der Waals surface area (Å²) in [5.41, 5.74) is -1.32. The number of hydrogen-bond donors (Lipinski definition) is 0. The van der Waals surface area contributed by atoms with Crippen molar-refractivity contribution in [3.05, 3.63) is 70.5 Å². The molecular weight excluding hydrogens is 591 g/mol. The molecule has 12 heteroatoms. The third kappa shape index (κ3) is 7.44. The second kappa shape index (κ2) is 13.6. The predicted molar refractivity (Wildman–Crippen MR) is 152 cm³/mol. The lowest BCUT2D eigenvalue weighted by Gasteiger charge is -2.50. The summed E-state index contributed by atoms with van der Waals surface area (Å²) in [6.45, 7) is 1.96. The highest BCUT2D eigenvalue weighted by molar-refractivity contribution is 5.99. The van der Waals surface area contributed by atoms with Gasteiger partial charge in [-0.15, -0.1) is 0 Å². The Hall–Kier alpha value is -2.99. The predicted octanol–water partition coefficient (Wildman–Crippen LogP) is 6.56. The van der Waals surface area contributed by atoms with Crippen LogP contribution >= 0.6 is 0 Å². The van der Waals surface area contributed by atoms with Crippen molar-refractivity contribution in [3.8, 4) is 0 Å². The van der Waals surface area contributed by atoms with Crippen LogP contribution in [0.2, 0.25) is 0 Å². The lowest BCUT2D eigenvalue weighted by Crippen LogP contribution is -2.63. The van der Waals surface area contributed by atoms with E-state index in [2.05, 4.69) is 0 Å². The SMILES string of the molecule is Cc1c(F)cccc1[C@H]1[C@H](C(=O)N2CCCC2)[C@@H](C(F)(F)F)N(CCCCN(C)C)C[C@@H]1C(=O)c1cccc(C(F)(F)F)c1. The summed E-state index contributed by atoms with van der Waals surface area (Å²) in [4.78, 5) is 32.7. The van der Waals surface area contributed by atoms with Crippen LogP contribution in [0.15, 0.2) is 42.5 Å². The maximum absolute atomic E-state index is 15.1. The van der Waals surface area contributed by atoms with Gasteiger partial charge in [-0.05, 0) is 89.1 Å². The van der Waals surface area contributed by atoms with E-state index in [0.717, 1.165) is 23.1 Å². The third-order valence-corrected chi connectivity index (χ3v) is 8.80. The lowest BCUT2D eigenvalue weighted by atomic mass is 9.66. The van der Waals surface area contributed by atoms with E-state index in [-0.39, 0.29) is 36.3 Å². The van der Waals surface area contributed by atoms with E-state index >= 15 is 13.2 Å². The van der Waals surface area contributed by atoms with Crippen molar-refractivity contribution in [3.63, 3.8) is 0 Å². The minimum atomic E-state index is -4.88. The molecule has 1 amide bonds. The summed E-state index contributed by atoms with van der Waals surface area (Å²) in [5.74, 6) is -6.89. The molecule has 44 heavy (non-hydrogen) atoms. The Morgan fingerprint density at radius 1 is 0.955 bits per heavy atom. The van der Waals surface area contributed by atoms with Gasteiger partial charge in [0.25, 0.3) is 0 Å². The molecule has 2 aromatic rings. The molecule has 0 aliphatic carbocycles. The second-order valence-corrected chi connectivity index (χ2v) is 12.1. The zero-order chi connectivity index (χ0) is 32.4. The smallest absolute Gasteiger partial charge is 0.342 e. The molecule has 242 valence electrons. The Morgan fingerprint density at radius 2 is 1.61 bits per heavy atom.